The Bertz CT molecular complexity index is 899. The number of rotatable bonds is 5. The zero-order valence-electron chi connectivity index (χ0n) is 13.9. The highest BCUT2D eigenvalue weighted by Crippen LogP contribution is 2.23. The van der Waals surface area contributed by atoms with Crippen molar-refractivity contribution in [3.05, 3.63) is 82.4 Å². The number of Topliss-reactive ketones (excluding diaryl/α,β-unsaturated/α-hetero) is 1. The molecule has 0 radical (unpaired) electrons. The van der Waals surface area contributed by atoms with E-state index in [1.807, 2.05) is 48.7 Å². The zero-order chi connectivity index (χ0) is 18.0. The second-order valence-electron chi connectivity index (χ2n) is 5.76. The number of hydrogen-bond donors (Lipinski definition) is 0. The summed E-state index contributed by atoms with van der Waals surface area (Å²) in [4.78, 5) is 12.5. The summed E-state index contributed by atoms with van der Waals surface area (Å²) in [5, 5.41) is 0.662. The molecule has 0 atom stereocenters. The van der Waals surface area contributed by atoms with Crippen LogP contribution in [0.1, 0.15) is 21.7 Å². The Balaban J connectivity index is 1.80. The molecule has 1 heterocycles. The van der Waals surface area contributed by atoms with Crippen LogP contribution in [0.4, 0.5) is 4.39 Å². The molecule has 128 valence electrons. The molecule has 25 heavy (non-hydrogen) atoms. The third-order valence-corrected chi connectivity index (χ3v) is 4.25. The Morgan fingerprint density at radius 1 is 1.08 bits per heavy atom. The maximum Gasteiger partial charge on any atom is 0.202 e. The number of hydrogen-bond acceptors (Lipinski definition) is 2. The van der Waals surface area contributed by atoms with Gasteiger partial charge in [0.15, 0.2) is 6.61 Å². The Labute approximate surface area is 150 Å². The van der Waals surface area contributed by atoms with Gasteiger partial charge in [0, 0.05) is 27.7 Å². The predicted octanol–water partition coefficient (Wildman–Crippen LogP) is 5.15. The average Bonchev–Trinajstić information content (AvgIpc) is 2.90. The summed E-state index contributed by atoms with van der Waals surface area (Å²) in [5.74, 6) is -0.0101. The van der Waals surface area contributed by atoms with Gasteiger partial charge in [0.25, 0.3) is 0 Å². The average molecular weight is 358 g/mol. The maximum atomic E-state index is 12.9. The fourth-order valence-corrected chi connectivity index (χ4v) is 2.92. The van der Waals surface area contributed by atoms with Crippen molar-refractivity contribution >= 4 is 17.4 Å². The second-order valence-corrected chi connectivity index (χ2v) is 6.20. The SMILES string of the molecule is Cc1cc(C(=O)COc2ccc(F)cc2)c(C)n1-c1ccc(Cl)cc1. The van der Waals surface area contributed by atoms with Crippen molar-refractivity contribution in [1.29, 1.82) is 0 Å². The first-order chi connectivity index (χ1) is 12.0. The van der Waals surface area contributed by atoms with Gasteiger partial charge in [0.05, 0.1) is 0 Å². The molecule has 0 saturated heterocycles. The van der Waals surface area contributed by atoms with E-state index < -0.39 is 0 Å². The summed E-state index contributed by atoms with van der Waals surface area (Å²) >= 11 is 5.94. The van der Waals surface area contributed by atoms with E-state index >= 15 is 0 Å². The first-order valence-electron chi connectivity index (χ1n) is 7.82. The summed E-state index contributed by atoms with van der Waals surface area (Å²) < 4.78 is 20.4. The van der Waals surface area contributed by atoms with E-state index in [9.17, 15) is 9.18 Å². The highest BCUT2D eigenvalue weighted by atomic mass is 35.5. The second kappa shape index (κ2) is 7.11. The van der Waals surface area contributed by atoms with Gasteiger partial charge in [0.1, 0.15) is 11.6 Å². The Kier molecular flexibility index (Phi) is 4.91. The van der Waals surface area contributed by atoms with Crippen LogP contribution in [0.2, 0.25) is 5.02 Å². The molecule has 5 heteroatoms. The molecule has 0 aliphatic heterocycles. The van der Waals surface area contributed by atoms with Crippen molar-refractivity contribution < 1.29 is 13.9 Å². The third-order valence-electron chi connectivity index (χ3n) is 4.00. The van der Waals surface area contributed by atoms with Crippen LogP contribution >= 0.6 is 11.6 Å². The number of nitrogens with zero attached hydrogens (tertiary/aromatic N) is 1. The fourth-order valence-electron chi connectivity index (χ4n) is 2.79. The fraction of sp³-hybridized carbons (Fsp3) is 0.150. The van der Waals surface area contributed by atoms with Crippen molar-refractivity contribution in [1.82, 2.24) is 4.57 Å². The minimum Gasteiger partial charge on any atom is -0.485 e. The van der Waals surface area contributed by atoms with Crippen LogP contribution in [-0.4, -0.2) is 17.0 Å². The van der Waals surface area contributed by atoms with Crippen molar-refractivity contribution in [3.63, 3.8) is 0 Å². The summed E-state index contributed by atoms with van der Waals surface area (Å²) in [6.07, 6.45) is 0. The van der Waals surface area contributed by atoms with Crippen LogP contribution in [0.15, 0.2) is 54.6 Å². The van der Waals surface area contributed by atoms with Crippen LogP contribution < -0.4 is 4.74 Å². The quantitative estimate of drug-likeness (QED) is 0.591. The summed E-state index contributed by atoms with van der Waals surface area (Å²) in [7, 11) is 0. The lowest BCUT2D eigenvalue weighted by Gasteiger charge is -2.10. The molecular formula is C20H17ClFNO2. The van der Waals surface area contributed by atoms with E-state index in [-0.39, 0.29) is 18.2 Å². The van der Waals surface area contributed by atoms with Crippen molar-refractivity contribution in [2.75, 3.05) is 6.61 Å². The van der Waals surface area contributed by atoms with Gasteiger partial charge >= 0.3 is 0 Å². The maximum absolute atomic E-state index is 12.9. The molecule has 0 aliphatic carbocycles. The van der Waals surface area contributed by atoms with Gasteiger partial charge in [-0.2, -0.15) is 0 Å². The van der Waals surface area contributed by atoms with E-state index in [0.717, 1.165) is 17.1 Å². The predicted molar refractivity (Wildman–Crippen MR) is 96.5 cm³/mol. The van der Waals surface area contributed by atoms with Gasteiger partial charge in [-0.05, 0) is 68.4 Å². The molecule has 2 aromatic carbocycles. The largest absolute Gasteiger partial charge is 0.485 e. The number of aromatic nitrogens is 1. The first kappa shape index (κ1) is 17.2. The van der Waals surface area contributed by atoms with Crippen molar-refractivity contribution in [2.45, 2.75) is 13.8 Å². The van der Waals surface area contributed by atoms with Crippen LogP contribution in [0, 0.1) is 19.7 Å². The number of benzene rings is 2. The molecule has 0 unspecified atom stereocenters. The standard InChI is InChI=1S/C20H17ClFNO2/c1-13-11-19(14(2)23(13)17-7-3-15(21)4-8-17)20(24)12-25-18-9-5-16(22)6-10-18/h3-11H,12H2,1-2H3. The lowest BCUT2D eigenvalue weighted by molar-refractivity contribution is 0.0921. The van der Waals surface area contributed by atoms with Gasteiger partial charge in [-0.25, -0.2) is 4.39 Å². The molecule has 0 fully saturated rings. The Hall–Kier alpha value is -2.59. The topological polar surface area (TPSA) is 31.2 Å². The monoisotopic (exact) mass is 357 g/mol. The van der Waals surface area contributed by atoms with Gasteiger partial charge in [-0.3, -0.25) is 4.79 Å². The summed E-state index contributed by atoms with van der Waals surface area (Å²) in [6, 6.07) is 14.9. The summed E-state index contributed by atoms with van der Waals surface area (Å²) in [6.45, 7) is 3.74. The van der Waals surface area contributed by atoms with Crippen LogP contribution in [0.25, 0.3) is 5.69 Å². The molecule has 0 bridgehead atoms. The van der Waals surface area contributed by atoms with Crippen LogP contribution in [-0.2, 0) is 0 Å². The van der Waals surface area contributed by atoms with E-state index in [2.05, 4.69) is 0 Å². The zero-order valence-corrected chi connectivity index (χ0v) is 14.7. The van der Waals surface area contributed by atoms with Gasteiger partial charge in [-0.15, -0.1) is 0 Å². The molecule has 3 aromatic rings. The molecule has 3 nitrogen and oxygen atoms in total. The van der Waals surface area contributed by atoms with E-state index in [0.29, 0.717) is 16.3 Å². The molecule has 0 N–H and O–H groups in total. The molecule has 0 spiro atoms. The van der Waals surface area contributed by atoms with Crippen LogP contribution in [0.3, 0.4) is 0 Å². The van der Waals surface area contributed by atoms with E-state index in [4.69, 9.17) is 16.3 Å². The lowest BCUT2D eigenvalue weighted by atomic mass is 10.1. The highest BCUT2D eigenvalue weighted by Gasteiger charge is 2.17. The molecule has 0 amide bonds. The minimum atomic E-state index is -0.342. The third kappa shape index (κ3) is 3.74. The van der Waals surface area contributed by atoms with E-state index in [1.165, 1.54) is 24.3 Å². The van der Waals surface area contributed by atoms with Crippen LogP contribution in [0.5, 0.6) is 5.75 Å². The number of halogens is 2. The number of ketones is 1. The molecule has 0 saturated carbocycles. The normalized spacial score (nSPS) is 10.7. The lowest BCUT2D eigenvalue weighted by Crippen LogP contribution is -2.12. The van der Waals surface area contributed by atoms with Gasteiger partial charge in [0.2, 0.25) is 5.78 Å². The van der Waals surface area contributed by atoms with Crippen molar-refractivity contribution in [2.24, 2.45) is 0 Å². The first-order valence-corrected chi connectivity index (χ1v) is 8.20. The van der Waals surface area contributed by atoms with Gasteiger partial charge < -0.3 is 9.30 Å². The Morgan fingerprint density at radius 3 is 2.36 bits per heavy atom. The summed E-state index contributed by atoms with van der Waals surface area (Å²) in [5.41, 5.74) is 3.34. The molecule has 1 aromatic heterocycles. The minimum absolute atomic E-state index is 0.101. The number of carbonyl (C=O) groups is 1. The number of carbonyl (C=O) groups excluding carboxylic acids is 1. The number of ether oxygens (including phenoxy) is 1. The Morgan fingerprint density at radius 2 is 1.72 bits per heavy atom. The molecular weight excluding hydrogens is 341 g/mol. The molecule has 0 aliphatic rings. The number of aryl methyl sites for hydroxylation is 1. The van der Waals surface area contributed by atoms with E-state index in [1.54, 1.807) is 0 Å². The smallest absolute Gasteiger partial charge is 0.202 e. The van der Waals surface area contributed by atoms with Gasteiger partial charge in [-0.1, -0.05) is 11.6 Å². The van der Waals surface area contributed by atoms with Crippen molar-refractivity contribution in [3.8, 4) is 11.4 Å². The molecule has 3 rings (SSSR count). The highest BCUT2D eigenvalue weighted by molar-refractivity contribution is 6.30.